The molecular formula is C13H16N2O6. The number of amides is 1. The smallest absolute Gasteiger partial charge is 0.325 e. The molecule has 0 unspecified atom stereocenters. The van der Waals surface area contributed by atoms with Gasteiger partial charge in [0.2, 0.25) is 0 Å². The van der Waals surface area contributed by atoms with E-state index >= 15 is 0 Å². The number of likely N-dealkylation sites (N-methyl/N-ethyl adjacent to an activating group) is 1. The average molecular weight is 296 g/mol. The molecule has 1 aromatic carbocycles. The molecule has 0 aliphatic heterocycles. The number of rotatable bonds is 6. The standard InChI is InChI=1S/C13H16N2O6/c1-4-21-12(16)8-14(2)13(17)9-5-6-10(15(18)19)11(7-9)20-3/h5-7H,4,8H2,1-3H3. The fraction of sp³-hybridized carbons (Fsp3) is 0.385. The van der Waals surface area contributed by atoms with Gasteiger partial charge in [-0.2, -0.15) is 0 Å². The van der Waals surface area contributed by atoms with Crippen LogP contribution < -0.4 is 4.74 Å². The fourth-order valence-corrected chi connectivity index (χ4v) is 1.65. The molecule has 1 amide bonds. The predicted molar refractivity (Wildman–Crippen MR) is 73.2 cm³/mol. The molecule has 1 aromatic rings. The van der Waals surface area contributed by atoms with Gasteiger partial charge in [-0.05, 0) is 13.0 Å². The van der Waals surface area contributed by atoms with E-state index in [1.54, 1.807) is 6.92 Å². The van der Waals surface area contributed by atoms with Crippen LogP contribution in [-0.2, 0) is 9.53 Å². The van der Waals surface area contributed by atoms with E-state index in [2.05, 4.69) is 0 Å². The maximum absolute atomic E-state index is 12.1. The minimum Gasteiger partial charge on any atom is -0.490 e. The highest BCUT2D eigenvalue weighted by atomic mass is 16.6. The molecule has 114 valence electrons. The van der Waals surface area contributed by atoms with Crippen molar-refractivity contribution in [2.45, 2.75) is 6.92 Å². The molecule has 0 heterocycles. The number of nitro groups is 1. The number of carbonyl (C=O) groups is 2. The van der Waals surface area contributed by atoms with Gasteiger partial charge < -0.3 is 14.4 Å². The molecule has 0 aromatic heterocycles. The lowest BCUT2D eigenvalue weighted by Gasteiger charge is -2.16. The number of esters is 1. The Hall–Kier alpha value is -2.64. The quantitative estimate of drug-likeness (QED) is 0.445. The molecule has 0 saturated carbocycles. The number of hydrogen-bond acceptors (Lipinski definition) is 6. The molecule has 1 rings (SSSR count). The highest BCUT2D eigenvalue weighted by Crippen LogP contribution is 2.27. The minimum atomic E-state index is -0.602. The molecule has 8 heteroatoms. The second-order valence-corrected chi connectivity index (χ2v) is 4.11. The van der Waals surface area contributed by atoms with Crippen LogP contribution in [0.3, 0.4) is 0 Å². The van der Waals surface area contributed by atoms with Crippen LogP contribution in [0.5, 0.6) is 5.75 Å². The van der Waals surface area contributed by atoms with Gasteiger partial charge in [0.15, 0.2) is 5.75 Å². The summed E-state index contributed by atoms with van der Waals surface area (Å²) in [6.07, 6.45) is 0. The Morgan fingerprint density at radius 3 is 2.57 bits per heavy atom. The van der Waals surface area contributed by atoms with Crippen LogP contribution in [-0.4, -0.2) is 49.0 Å². The lowest BCUT2D eigenvalue weighted by Crippen LogP contribution is -2.33. The molecular weight excluding hydrogens is 280 g/mol. The SMILES string of the molecule is CCOC(=O)CN(C)C(=O)c1ccc([N+](=O)[O-])c(OC)c1. The van der Waals surface area contributed by atoms with Gasteiger partial charge in [-0.25, -0.2) is 0 Å². The van der Waals surface area contributed by atoms with Crippen molar-refractivity contribution in [2.24, 2.45) is 0 Å². The lowest BCUT2D eigenvalue weighted by molar-refractivity contribution is -0.385. The van der Waals surface area contributed by atoms with Gasteiger partial charge in [0, 0.05) is 24.7 Å². The van der Waals surface area contributed by atoms with E-state index in [9.17, 15) is 19.7 Å². The summed E-state index contributed by atoms with van der Waals surface area (Å²) in [6.45, 7) is 1.69. The molecule has 0 saturated heterocycles. The Morgan fingerprint density at radius 1 is 1.38 bits per heavy atom. The number of ether oxygens (including phenoxy) is 2. The third-order valence-corrected chi connectivity index (χ3v) is 2.64. The summed E-state index contributed by atoms with van der Waals surface area (Å²) in [4.78, 5) is 34.8. The van der Waals surface area contributed by atoms with Gasteiger partial charge in [-0.15, -0.1) is 0 Å². The van der Waals surface area contributed by atoms with Crippen LogP contribution in [0.1, 0.15) is 17.3 Å². The van der Waals surface area contributed by atoms with Crippen molar-refractivity contribution in [3.05, 3.63) is 33.9 Å². The summed E-state index contributed by atoms with van der Waals surface area (Å²) in [5.41, 5.74) is -0.0497. The van der Waals surface area contributed by atoms with Crippen LogP contribution in [0.2, 0.25) is 0 Å². The zero-order valence-electron chi connectivity index (χ0n) is 12.0. The van der Waals surface area contributed by atoms with Crippen molar-refractivity contribution in [3.63, 3.8) is 0 Å². The van der Waals surface area contributed by atoms with Crippen LogP contribution >= 0.6 is 0 Å². The summed E-state index contributed by atoms with van der Waals surface area (Å²) in [5.74, 6) is -1.01. The molecule has 0 aliphatic carbocycles. The topological polar surface area (TPSA) is 99.0 Å². The largest absolute Gasteiger partial charge is 0.490 e. The van der Waals surface area contributed by atoms with E-state index in [-0.39, 0.29) is 30.2 Å². The molecule has 8 nitrogen and oxygen atoms in total. The van der Waals surface area contributed by atoms with Gasteiger partial charge in [0.05, 0.1) is 18.6 Å². The molecule has 0 spiro atoms. The number of carbonyl (C=O) groups excluding carboxylic acids is 2. The first-order valence-electron chi connectivity index (χ1n) is 6.14. The van der Waals surface area contributed by atoms with Gasteiger partial charge in [0.25, 0.3) is 5.91 Å². The average Bonchev–Trinajstić information content (AvgIpc) is 2.45. The van der Waals surface area contributed by atoms with Crippen molar-refractivity contribution in [1.29, 1.82) is 0 Å². The summed E-state index contributed by atoms with van der Waals surface area (Å²) in [6, 6.07) is 3.76. The van der Waals surface area contributed by atoms with Crippen molar-refractivity contribution in [2.75, 3.05) is 27.3 Å². The third kappa shape index (κ3) is 4.16. The molecule has 0 N–H and O–H groups in total. The molecule has 0 radical (unpaired) electrons. The second-order valence-electron chi connectivity index (χ2n) is 4.11. The van der Waals surface area contributed by atoms with Crippen molar-refractivity contribution in [1.82, 2.24) is 4.90 Å². The Bertz CT molecular complexity index is 558. The highest BCUT2D eigenvalue weighted by molar-refractivity contribution is 5.96. The van der Waals surface area contributed by atoms with E-state index in [1.807, 2.05) is 0 Å². The van der Waals surface area contributed by atoms with Gasteiger partial charge in [-0.1, -0.05) is 0 Å². The van der Waals surface area contributed by atoms with E-state index in [4.69, 9.17) is 9.47 Å². The summed E-state index contributed by atoms with van der Waals surface area (Å²) < 4.78 is 9.64. The second kappa shape index (κ2) is 7.22. The van der Waals surface area contributed by atoms with E-state index in [0.29, 0.717) is 0 Å². The molecule has 0 atom stereocenters. The Kier molecular flexibility index (Phi) is 5.65. The number of benzene rings is 1. The fourth-order valence-electron chi connectivity index (χ4n) is 1.65. The minimum absolute atomic E-state index is 0.0182. The number of methoxy groups -OCH3 is 1. The van der Waals surface area contributed by atoms with Crippen LogP contribution in [0.4, 0.5) is 5.69 Å². The Balaban J connectivity index is 2.92. The van der Waals surface area contributed by atoms with Gasteiger partial charge >= 0.3 is 11.7 Å². The summed E-state index contributed by atoms with van der Waals surface area (Å²) >= 11 is 0. The van der Waals surface area contributed by atoms with Crippen LogP contribution in [0.25, 0.3) is 0 Å². The molecule has 0 fully saturated rings. The zero-order chi connectivity index (χ0) is 16.0. The predicted octanol–water partition coefficient (Wildman–Crippen LogP) is 1.24. The third-order valence-electron chi connectivity index (χ3n) is 2.64. The number of hydrogen-bond donors (Lipinski definition) is 0. The van der Waals surface area contributed by atoms with Crippen LogP contribution in [0, 0.1) is 10.1 Å². The normalized spacial score (nSPS) is 9.86. The van der Waals surface area contributed by atoms with E-state index in [0.717, 1.165) is 0 Å². The first kappa shape index (κ1) is 16.4. The van der Waals surface area contributed by atoms with Crippen molar-refractivity contribution in [3.8, 4) is 5.75 Å². The summed E-state index contributed by atoms with van der Waals surface area (Å²) in [7, 11) is 2.71. The van der Waals surface area contributed by atoms with E-state index < -0.39 is 16.8 Å². The number of nitro benzene ring substituents is 1. The molecule has 0 aliphatic rings. The lowest BCUT2D eigenvalue weighted by atomic mass is 10.1. The first-order valence-corrected chi connectivity index (χ1v) is 6.14. The monoisotopic (exact) mass is 296 g/mol. The van der Waals surface area contributed by atoms with Gasteiger partial charge in [-0.3, -0.25) is 19.7 Å². The summed E-state index contributed by atoms with van der Waals surface area (Å²) in [5, 5.41) is 10.8. The van der Waals surface area contributed by atoms with Crippen molar-refractivity contribution >= 4 is 17.6 Å². The van der Waals surface area contributed by atoms with Crippen LogP contribution in [0.15, 0.2) is 18.2 Å². The van der Waals surface area contributed by atoms with Gasteiger partial charge in [0.1, 0.15) is 6.54 Å². The Labute approximate surface area is 121 Å². The molecule has 21 heavy (non-hydrogen) atoms. The molecule has 0 bridgehead atoms. The highest BCUT2D eigenvalue weighted by Gasteiger charge is 2.20. The maximum Gasteiger partial charge on any atom is 0.325 e. The zero-order valence-corrected chi connectivity index (χ0v) is 12.0. The van der Waals surface area contributed by atoms with E-state index in [1.165, 1.54) is 37.3 Å². The maximum atomic E-state index is 12.1. The number of nitrogens with zero attached hydrogens (tertiary/aromatic N) is 2. The van der Waals surface area contributed by atoms with Crippen molar-refractivity contribution < 1.29 is 24.0 Å². The first-order chi connectivity index (χ1) is 9.90. The Morgan fingerprint density at radius 2 is 2.05 bits per heavy atom.